The molecule has 1 amide bonds. The molecule has 2 fully saturated rings. The van der Waals surface area contributed by atoms with Crippen LogP contribution in [-0.2, 0) is 5.60 Å². The van der Waals surface area contributed by atoms with Crippen molar-refractivity contribution >= 4 is 5.91 Å². The molecule has 4 rings (SSSR count). The SMILES string of the molecule is C[C@@H]1CC[C@H](Oc2ncccc2C(C)(C)O)CN1C(=O)c1ccccc1C1CCC1. The molecule has 1 saturated carbocycles. The topological polar surface area (TPSA) is 62.7 Å². The minimum Gasteiger partial charge on any atom is -0.472 e. The smallest absolute Gasteiger partial charge is 0.254 e. The molecule has 2 aliphatic rings. The van der Waals surface area contributed by atoms with Gasteiger partial charge < -0.3 is 14.7 Å². The van der Waals surface area contributed by atoms with Gasteiger partial charge in [0.05, 0.1) is 12.1 Å². The fraction of sp³-hybridized carbons (Fsp3) is 0.520. The molecule has 0 bridgehead atoms. The van der Waals surface area contributed by atoms with Gasteiger partial charge in [-0.15, -0.1) is 0 Å². The molecule has 30 heavy (non-hydrogen) atoms. The van der Waals surface area contributed by atoms with Gasteiger partial charge in [0.1, 0.15) is 6.10 Å². The summed E-state index contributed by atoms with van der Waals surface area (Å²) in [6.45, 7) is 6.10. The first-order chi connectivity index (χ1) is 14.3. The average Bonchev–Trinajstić information content (AvgIpc) is 2.68. The van der Waals surface area contributed by atoms with Gasteiger partial charge in [0, 0.05) is 23.4 Å². The molecule has 2 atom stereocenters. The zero-order valence-corrected chi connectivity index (χ0v) is 18.2. The minimum atomic E-state index is -1.04. The quantitative estimate of drug-likeness (QED) is 0.782. The van der Waals surface area contributed by atoms with Gasteiger partial charge in [-0.3, -0.25) is 4.79 Å². The molecule has 2 aromatic rings. The van der Waals surface area contributed by atoms with Crippen molar-refractivity contribution < 1.29 is 14.6 Å². The number of piperidine rings is 1. The Hall–Kier alpha value is -2.40. The van der Waals surface area contributed by atoms with Gasteiger partial charge in [0.25, 0.3) is 5.91 Å². The van der Waals surface area contributed by atoms with Gasteiger partial charge in [0.2, 0.25) is 5.88 Å². The summed E-state index contributed by atoms with van der Waals surface area (Å²) in [5.41, 5.74) is 1.66. The number of carbonyl (C=O) groups is 1. The summed E-state index contributed by atoms with van der Waals surface area (Å²) < 4.78 is 6.22. The molecule has 1 aromatic heterocycles. The van der Waals surface area contributed by atoms with Crippen LogP contribution in [0.4, 0.5) is 0 Å². The van der Waals surface area contributed by atoms with E-state index in [0.717, 1.165) is 18.4 Å². The Morgan fingerprint density at radius 2 is 1.90 bits per heavy atom. The molecule has 0 unspecified atom stereocenters. The lowest BCUT2D eigenvalue weighted by Crippen LogP contribution is -2.49. The summed E-state index contributed by atoms with van der Waals surface area (Å²) in [6, 6.07) is 11.9. The minimum absolute atomic E-state index is 0.0991. The van der Waals surface area contributed by atoms with Crippen LogP contribution in [0.25, 0.3) is 0 Å². The maximum absolute atomic E-state index is 13.5. The van der Waals surface area contributed by atoms with Crippen molar-refractivity contribution in [2.24, 2.45) is 0 Å². The molecular formula is C25H32N2O3. The van der Waals surface area contributed by atoms with E-state index in [1.165, 1.54) is 24.8 Å². The van der Waals surface area contributed by atoms with Crippen LogP contribution in [0.15, 0.2) is 42.6 Å². The van der Waals surface area contributed by atoms with Gasteiger partial charge >= 0.3 is 0 Å². The molecule has 160 valence electrons. The molecule has 5 heteroatoms. The van der Waals surface area contributed by atoms with Crippen LogP contribution in [0.5, 0.6) is 5.88 Å². The molecule has 1 aromatic carbocycles. The summed E-state index contributed by atoms with van der Waals surface area (Å²) in [6.07, 6.45) is 6.86. The molecule has 2 heterocycles. The monoisotopic (exact) mass is 408 g/mol. The number of aromatic nitrogens is 1. The largest absolute Gasteiger partial charge is 0.472 e. The Kier molecular flexibility index (Phi) is 5.83. The Bertz CT molecular complexity index is 901. The Morgan fingerprint density at radius 1 is 1.13 bits per heavy atom. The van der Waals surface area contributed by atoms with Gasteiger partial charge in [-0.1, -0.05) is 24.6 Å². The third-order valence-corrected chi connectivity index (χ3v) is 6.54. The van der Waals surface area contributed by atoms with E-state index in [9.17, 15) is 9.90 Å². The van der Waals surface area contributed by atoms with E-state index in [-0.39, 0.29) is 18.1 Å². The first kappa shape index (κ1) is 20.9. The molecule has 5 nitrogen and oxygen atoms in total. The van der Waals surface area contributed by atoms with Crippen molar-refractivity contribution in [3.63, 3.8) is 0 Å². The van der Waals surface area contributed by atoms with Crippen LogP contribution in [-0.4, -0.2) is 39.6 Å². The number of carbonyl (C=O) groups excluding carboxylic acids is 1. The van der Waals surface area contributed by atoms with E-state index < -0.39 is 5.60 Å². The van der Waals surface area contributed by atoms with Crippen molar-refractivity contribution in [2.45, 2.75) is 76.5 Å². The highest BCUT2D eigenvalue weighted by Crippen LogP contribution is 2.38. The van der Waals surface area contributed by atoms with E-state index >= 15 is 0 Å². The predicted octanol–water partition coefficient (Wildman–Crippen LogP) is 4.65. The number of rotatable bonds is 5. The first-order valence-electron chi connectivity index (χ1n) is 11.1. The number of hydrogen-bond acceptors (Lipinski definition) is 4. The second kappa shape index (κ2) is 8.38. The number of hydrogen-bond donors (Lipinski definition) is 1. The van der Waals surface area contributed by atoms with Crippen molar-refractivity contribution in [2.75, 3.05) is 6.54 Å². The molecule has 1 aliphatic heterocycles. The third kappa shape index (κ3) is 4.22. The summed E-state index contributed by atoms with van der Waals surface area (Å²) in [7, 11) is 0. The summed E-state index contributed by atoms with van der Waals surface area (Å²) in [4.78, 5) is 19.8. The third-order valence-electron chi connectivity index (χ3n) is 6.54. The number of likely N-dealkylation sites (tertiary alicyclic amines) is 1. The fourth-order valence-corrected chi connectivity index (χ4v) is 4.48. The standard InChI is InChI=1S/C25H32N2O3/c1-17-13-14-19(30-23-22(25(2,3)29)12-7-15-26-23)16-27(17)24(28)21-11-5-4-10-20(21)18-8-6-9-18/h4-5,7,10-12,15,17-19,29H,6,8-9,13-14,16H2,1-3H3/t17-,19+/m1/s1. The second-order valence-corrected chi connectivity index (χ2v) is 9.25. The molecular weight excluding hydrogens is 376 g/mol. The van der Waals surface area contributed by atoms with Gasteiger partial charge in [-0.05, 0) is 76.1 Å². The highest BCUT2D eigenvalue weighted by Gasteiger charge is 2.34. The van der Waals surface area contributed by atoms with Crippen LogP contribution in [0, 0.1) is 0 Å². The van der Waals surface area contributed by atoms with E-state index in [0.29, 0.717) is 23.9 Å². The van der Waals surface area contributed by atoms with Crippen molar-refractivity contribution in [3.05, 3.63) is 59.3 Å². The molecule has 1 N–H and O–H groups in total. The lowest BCUT2D eigenvalue weighted by Gasteiger charge is -2.39. The maximum atomic E-state index is 13.5. The van der Waals surface area contributed by atoms with Crippen molar-refractivity contribution in [3.8, 4) is 5.88 Å². The highest BCUT2D eigenvalue weighted by molar-refractivity contribution is 5.96. The first-order valence-corrected chi connectivity index (χ1v) is 11.1. The second-order valence-electron chi connectivity index (χ2n) is 9.25. The molecule has 0 spiro atoms. The zero-order valence-electron chi connectivity index (χ0n) is 18.2. The van der Waals surface area contributed by atoms with E-state index in [1.54, 1.807) is 26.1 Å². The van der Waals surface area contributed by atoms with Crippen molar-refractivity contribution in [1.29, 1.82) is 0 Å². The Labute approximate surface area is 179 Å². The normalized spacial score (nSPS) is 22.5. The van der Waals surface area contributed by atoms with E-state index in [2.05, 4.69) is 18.0 Å². The number of nitrogens with zero attached hydrogens (tertiary/aromatic N) is 2. The Morgan fingerprint density at radius 3 is 2.60 bits per heavy atom. The average molecular weight is 409 g/mol. The van der Waals surface area contributed by atoms with Crippen LogP contribution in [0.1, 0.15) is 80.3 Å². The number of pyridine rings is 1. The van der Waals surface area contributed by atoms with Crippen molar-refractivity contribution in [1.82, 2.24) is 9.88 Å². The van der Waals surface area contributed by atoms with Crippen LogP contribution < -0.4 is 4.74 Å². The predicted molar refractivity (Wildman–Crippen MR) is 117 cm³/mol. The zero-order chi connectivity index (χ0) is 21.3. The van der Waals surface area contributed by atoms with Gasteiger partial charge in [0.15, 0.2) is 0 Å². The Balaban J connectivity index is 1.53. The van der Waals surface area contributed by atoms with Crippen LogP contribution in [0.2, 0.25) is 0 Å². The molecule has 1 aliphatic carbocycles. The van der Waals surface area contributed by atoms with Crippen LogP contribution in [0.3, 0.4) is 0 Å². The van der Waals surface area contributed by atoms with Crippen LogP contribution >= 0.6 is 0 Å². The van der Waals surface area contributed by atoms with Gasteiger partial charge in [-0.25, -0.2) is 4.98 Å². The number of aliphatic hydroxyl groups is 1. The molecule has 1 saturated heterocycles. The number of benzene rings is 1. The summed E-state index contributed by atoms with van der Waals surface area (Å²) >= 11 is 0. The maximum Gasteiger partial charge on any atom is 0.254 e. The number of ether oxygens (including phenoxy) is 1. The lowest BCUT2D eigenvalue weighted by molar-refractivity contribution is 0.0324. The van der Waals surface area contributed by atoms with E-state index in [1.807, 2.05) is 29.2 Å². The van der Waals surface area contributed by atoms with E-state index in [4.69, 9.17) is 4.74 Å². The molecule has 0 radical (unpaired) electrons. The number of amides is 1. The summed E-state index contributed by atoms with van der Waals surface area (Å²) in [5.74, 6) is 1.06. The summed E-state index contributed by atoms with van der Waals surface area (Å²) in [5, 5.41) is 10.5. The van der Waals surface area contributed by atoms with Gasteiger partial charge in [-0.2, -0.15) is 0 Å². The fourth-order valence-electron chi connectivity index (χ4n) is 4.48. The highest BCUT2D eigenvalue weighted by atomic mass is 16.5. The lowest BCUT2D eigenvalue weighted by atomic mass is 9.78.